The molecule has 0 N–H and O–H groups in total. The second kappa shape index (κ2) is 9.23. The van der Waals surface area contributed by atoms with Gasteiger partial charge in [0, 0.05) is 29.1 Å². The first-order valence-electron chi connectivity index (χ1n) is 9.26. The number of hydrogen-bond donors (Lipinski definition) is 0. The molecule has 0 radical (unpaired) electrons. The number of hydrogen-bond acceptors (Lipinski definition) is 7. The van der Waals surface area contributed by atoms with E-state index < -0.39 is 4.92 Å². The predicted molar refractivity (Wildman–Crippen MR) is 117 cm³/mol. The first kappa shape index (κ1) is 20.3. The summed E-state index contributed by atoms with van der Waals surface area (Å²) in [6.07, 6.45) is 0. The van der Waals surface area contributed by atoms with Crippen molar-refractivity contribution >= 4 is 34.7 Å². The Morgan fingerprint density at radius 2 is 1.58 bits per heavy atom. The molecule has 1 heterocycles. The molecule has 4 aromatic rings. The average molecular weight is 432 g/mol. The lowest BCUT2D eigenvalue weighted by Crippen LogP contribution is -2.27. The number of carbonyl (C=O) groups excluding carboxylic acids is 1. The summed E-state index contributed by atoms with van der Waals surface area (Å²) in [7, 11) is 0. The topological polar surface area (TPSA) is 102 Å². The number of benzene rings is 3. The van der Waals surface area contributed by atoms with Crippen molar-refractivity contribution < 1.29 is 14.1 Å². The van der Waals surface area contributed by atoms with E-state index in [1.54, 1.807) is 17.0 Å². The van der Waals surface area contributed by atoms with E-state index in [1.165, 1.54) is 12.1 Å². The van der Waals surface area contributed by atoms with Gasteiger partial charge >= 0.3 is 0 Å². The van der Waals surface area contributed by atoms with Gasteiger partial charge in [0.2, 0.25) is 11.8 Å². The third-order valence-electron chi connectivity index (χ3n) is 4.31. The van der Waals surface area contributed by atoms with Crippen molar-refractivity contribution in [3.05, 3.63) is 95.0 Å². The SMILES string of the molecule is O=C(CSc1nnc(-c2cccc([N+](=O)[O-])c2)o1)N(c1ccccc1)c1ccccc1. The van der Waals surface area contributed by atoms with Crippen LogP contribution in [0, 0.1) is 10.1 Å². The number of carbonyl (C=O) groups is 1. The summed E-state index contributed by atoms with van der Waals surface area (Å²) in [6, 6.07) is 24.7. The minimum atomic E-state index is -0.490. The minimum absolute atomic E-state index is 0.0681. The van der Waals surface area contributed by atoms with Gasteiger partial charge in [-0.25, -0.2) is 0 Å². The van der Waals surface area contributed by atoms with Crippen molar-refractivity contribution in [3.63, 3.8) is 0 Å². The molecule has 0 aliphatic rings. The Bertz CT molecular complexity index is 1160. The lowest BCUT2D eigenvalue weighted by molar-refractivity contribution is -0.384. The summed E-state index contributed by atoms with van der Waals surface area (Å²) in [5.41, 5.74) is 1.88. The zero-order valence-corrected chi connectivity index (χ0v) is 16.9. The molecule has 8 nitrogen and oxygen atoms in total. The van der Waals surface area contributed by atoms with Crippen LogP contribution in [0.2, 0.25) is 0 Å². The minimum Gasteiger partial charge on any atom is -0.411 e. The molecule has 154 valence electrons. The van der Waals surface area contributed by atoms with Gasteiger partial charge in [0.25, 0.3) is 10.9 Å². The number of thioether (sulfide) groups is 1. The van der Waals surface area contributed by atoms with E-state index >= 15 is 0 Å². The van der Waals surface area contributed by atoms with Crippen molar-refractivity contribution in [2.45, 2.75) is 5.22 Å². The van der Waals surface area contributed by atoms with Crippen LogP contribution in [0.3, 0.4) is 0 Å². The highest BCUT2D eigenvalue weighted by atomic mass is 32.2. The molecule has 0 spiro atoms. The molecule has 1 aromatic heterocycles. The Morgan fingerprint density at radius 1 is 0.935 bits per heavy atom. The van der Waals surface area contributed by atoms with Crippen LogP contribution in [0.25, 0.3) is 11.5 Å². The molecule has 0 bridgehead atoms. The van der Waals surface area contributed by atoms with Gasteiger partial charge in [0.15, 0.2) is 0 Å². The fraction of sp³-hybridized carbons (Fsp3) is 0.0455. The molecular formula is C22H16N4O4S. The number of rotatable bonds is 7. The quantitative estimate of drug-likeness (QED) is 0.227. The van der Waals surface area contributed by atoms with Crippen LogP contribution >= 0.6 is 11.8 Å². The van der Waals surface area contributed by atoms with Crippen LogP contribution in [0.15, 0.2) is 94.6 Å². The summed E-state index contributed by atoms with van der Waals surface area (Å²) in [5.74, 6) is 0.0690. The normalized spacial score (nSPS) is 10.6. The Kier molecular flexibility index (Phi) is 6.04. The van der Waals surface area contributed by atoms with Crippen molar-refractivity contribution in [2.24, 2.45) is 0 Å². The van der Waals surface area contributed by atoms with E-state index in [-0.39, 0.29) is 28.5 Å². The number of para-hydroxylation sites is 2. The van der Waals surface area contributed by atoms with Crippen LogP contribution in [0.4, 0.5) is 17.1 Å². The molecular weight excluding hydrogens is 416 g/mol. The lowest BCUT2D eigenvalue weighted by atomic mass is 10.2. The van der Waals surface area contributed by atoms with Gasteiger partial charge in [-0.3, -0.25) is 19.8 Å². The number of nitrogens with zero attached hydrogens (tertiary/aromatic N) is 4. The zero-order valence-electron chi connectivity index (χ0n) is 16.1. The molecule has 0 aliphatic heterocycles. The van der Waals surface area contributed by atoms with Gasteiger partial charge in [-0.1, -0.05) is 54.2 Å². The van der Waals surface area contributed by atoms with Gasteiger partial charge < -0.3 is 4.42 Å². The maximum absolute atomic E-state index is 13.1. The van der Waals surface area contributed by atoms with Gasteiger partial charge in [0.1, 0.15) is 0 Å². The second-order valence-corrected chi connectivity index (χ2v) is 7.30. The Balaban J connectivity index is 1.50. The third kappa shape index (κ3) is 4.78. The van der Waals surface area contributed by atoms with Crippen LogP contribution in [-0.2, 0) is 4.79 Å². The number of amides is 1. The van der Waals surface area contributed by atoms with E-state index in [0.29, 0.717) is 5.56 Å². The molecule has 1 amide bonds. The molecule has 9 heteroatoms. The first-order chi connectivity index (χ1) is 15.1. The van der Waals surface area contributed by atoms with Gasteiger partial charge in [-0.05, 0) is 30.3 Å². The molecule has 0 atom stereocenters. The third-order valence-corrected chi connectivity index (χ3v) is 5.11. The highest BCUT2D eigenvalue weighted by Gasteiger charge is 2.20. The number of nitro groups is 1. The van der Waals surface area contributed by atoms with Gasteiger partial charge in [-0.2, -0.15) is 0 Å². The maximum Gasteiger partial charge on any atom is 0.277 e. The number of nitro benzene ring substituents is 1. The van der Waals surface area contributed by atoms with E-state index in [4.69, 9.17) is 4.42 Å². The fourth-order valence-electron chi connectivity index (χ4n) is 2.92. The summed E-state index contributed by atoms with van der Waals surface area (Å²) in [6.45, 7) is 0. The van der Waals surface area contributed by atoms with E-state index in [9.17, 15) is 14.9 Å². The lowest BCUT2D eigenvalue weighted by Gasteiger charge is -2.22. The Morgan fingerprint density at radius 3 is 2.19 bits per heavy atom. The largest absolute Gasteiger partial charge is 0.411 e. The van der Waals surface area contributed by atoms with E-state index in [1.807, 2.05) is 60.7 Å². The molecule has 0 saturated carbocycles. The average Bonchev–Trinajstić information content (AvgIpc) is 3.29. The molecule has 0 fully saturated rings. The van der Waals surface area contributed by atoms with Crippen molar-refractivity contribution in [1.29, 1.82) is 0 Å². The second-order valence-electron chi connectivity index (χ2n) is 6.37. The van der Waals surface area contributed by atoms with E-state index in [0.717, 1.165) is 23.1 Å². The summed E-state index contributed by atoms with van der Waals surface area (Å²) < 4.78 is 5.59. The maximum atomic E-state index is 13.1. The predicted octanol–water partition coefficient (Wildman–Crippen LogP) is 5.10. The molecule has 0 saturated heterocycles. The monoisotopic (exact) mass is 432 g/mol. The summed E-state index contributed by atoms with van der Waals surface area (Å²) in [4.78, 5) is 25.2. The van der Waals surface area contributed by atoms with Gasteiger partial charge in [0.05, 0.1) is 10.7 Å². The number of aromatic nitrogens is 2. The van der Waals surface area contributed by atoms with Crippen molar-refractivity contribution in [2.75, 3.05) is 10.7 Å². The standard InChI is InChI=1S/C22H16N4O4S/c27-20(25(17-9-3-1-4-10-17)18-11-5-2-6-12-18)15-31-22-24-23-21(30-22)16-8-7-13-19(14-16)26(28)29/h1-14H,15H2. The van der Waals surface area contributed by atoms with Gasteiger partial charge in [-0.15, -0.1) is 10.2 Å². The van der Waals surface area contributed by atoms with Crippen LogP contribution in [-0.4, -0.2) is 26.8 Å². The van der Waals surface area contributed by atoms with E-state index in [2.05, 4.69) is 10.2 Å². The Hall–Kier alpha value is -3.98. The smallest absolute Gasteiger partial charge is 0.277 e. The first-order valence-corrected chi connectivity index (χ1v) is 10.2. The Labute approximate surface area is 181 Å². The summed E-state index contributed by atoms with van der Waals surface area (Å²) >= 11 is 1.11. The zero-order chi connectivity index (χ0) is 21.6. The van der Waals surface area contributed by atoms with Crippen molar-refractivity contribution in [3.8, 4) is 11.5 Å². The fourth-order valence-corrected chi connectivity index (χ4v) is 3.53. The molecule has 0 unspecified atom stereocenters. The highest BCUT2D eigenvalue weighted by molar-refractivity contribution is 7.99. The molecule has 3 aromatic carbocycles. The number of anilines is 2. The number of non-ortho nitro benzene ring substituents is 1. The molecule has 31 heavy (non-hydrogen) atoms. The van der Waals surface area contributed by atoms with Crippen LogP contribution < -0.4 is 4.90 Å². The molecule has 0 aliphatic carbocycles. The van der Waals surface area contributed by atoms with Crippen LogP contribution in [0.1, 0.15) is 0 Å². The van der Waals surface area contributed by atoms with Crippen LogP contribution in [0.5, 0.6) is 0 Å². The molecule has 4 rings (SSSR count). The van der Waals surface area contributed by atoms with Crippen molar-refractivity contribution in [1.82, 2.24) is 10.2 Å². The summed E-state index contributed by atoms with van der Waals surface area (Å²) in [5, 5.41) is 19.1. The highest BCUT2D eigenvalue weighted by Crippen LogP contribution is 2.29.